The zero-order valence-corrected chi connectivity index (χ0v) is 17.3. The molecule has 152 valence electrons. The van der Waals surface area contributed by atoms with Crippen LogP contribution in [0.15, 0.2) is 45.2 Å². The van der Waals surface area contributed by atoms with E-state index in [0.717, 1.165) is 33.2 Å². The molecule has 1 unspecified atom stereocenters. The number of rotatable bonds is 2. The highest BCUT2D eigenvalue weighted by atomic mass is 16.3. The van der Waals surface area contributed by atoms with E-state index < -0.39 is 0 Å². The van der Waals surface area contributed by atoms with E-state index in [1.54, 1.807) is 33.1 Å². The topological polar surface area (TPSA) is 89.7 Å². The fourth-order valence-electron chi connectivity index (χ4n) is 4.17. The second-order valence-corrected chi connectivity index (χ2v) is 7.83. The van der Waals surface area contributed by atoms with Gasteiger partial charge in [0, 0.05) is 37.5 Å². The molecule has 1 aliphatic rings. The fraction of sp³-hybridized carbons (Fsp3) is 0.273. The first-order chi connectivity index (χ1) is 14.3. The van der Waals surface area contributed by atoms with E-state index in [1.165, 1.54) is 0 Å². The van der Waals surface area contributed by atoms with Crippen LogP contribution in [0.3, 0.4) is 0 Å². The van der Waals surface area contributed by atoms with Crippen molar-refractivity contribution < 1.29 is 5.11 Å². The molecule has 0 saturated carbocycles. The van der Waals surface area contributed by atoms with Crippen molar-refractivity contribution in [1.82, 2.24) is 18.9 Å². The summed E-state index contributed by atoms with van der Waals surface area (Å²) in [5.41, 5.74) is 4.19. The van der Waals surface area contributed by atoms with Crippen molar-refractivity contribution in [2.45, 2.75) is 19.9 Å². The molecule has 8 heteroatoms. The van der Waals surface area contributed by atoms with Crippen LogP contribution < -0.4 is 5.69 Å². The number of phenols is 1. The molecule has 0 fully saturated rings. The maximum atomic E-state index is 13.2. The molecular weight excluding hydrogens is 380 g/mol. The number of fused-ring (bicyclic) bond motifs is 3. The molecule has 2 aromatic heterocycles. The Morgan fingerprint density at radius 2 is 2.00 bits per heavy atom. The van der Waals surface area contributed by atoms with Crippen LogP contribution in [0.1, 0.15) is 18.2 Å². The van der Waals surface area contributed by atoms with Gasteiger partial charge in [-0.3, -0.25) is 23.8 Å². The minimum atomic E-state index is -0.145. The van der Waals surface area contributed by atoms with Gasteiger partial charge in [0.25, 0.3) is 0 Å². The maximum Gasteiger partial charge on any atom is 0.333 e. The lowest BCUT2D eigenvalue weighted by Crippen LogP contribution is -2.21. The molecule has 0 radical (unpaired) electrons. The summed E-state index contributed by atoms with van der Waals surface area (Å²) in [6.07, 6.45) is 3.54. The van der Waals surface area contributed by atoms with Crippen LogP contribution >= 0.6 is 0 Å². The average Bonchev–Trinajstić information content (AvgIpc) is 3.16. The van der Waals surface area contributed by atoms with Gasteiger partial charge in [-0.25, -0.2) is 4.79 Å². The molecule has 4 aromatic rings. The summed E-state index contributed by atoms with van der Waals surface area (Å²) in [4.78, 5) is 22.2. The Bertz CT molecular complexity index is 1450. The molecule has 0 spiro atoms. The summed E-state index contributed by atoms with van der Waals surface area (Å²) in [6.45, 7) is 4.52. The van der Waals surface area contributed by atoms with Crippen LogP contribution in [-0.4, -0.2) is 48.5 Å². The maximum absolute atomic E-state index is 13.2. The second kappa shape index (κ2) is 6.41. The first kappa shape index (κ1) is 18.4. The number of hydrogen-bond donors (Lipinski definition) is 1. The van der Waals surface area contributed by atoms with Gasteiger partial charge in [0.05, 0.1) is 40.7 Å². The average molecular weight is 402 g/mol. The minimum Gasteiger partial charge on any atom is -0.507 e. The zero-order chi connectivity index (χ0) is 21.2. The Balaban J connectivity index is 1.90. The summed E-state index contributed by atoms with van der Waals surface area (Å²) < 4.78 is 5.03. The number of nitrogens with zero attached hydrogens (tertiary/aromatic N) is 6. The van der Waals surface area contributed by atoms with Crippen molar-refractivity contribution in [2.24, 2.45) is 24.1 Å². The number of hydrogen-bond acceptors (Lipinski definition) is 5. The predicted molar refractivity (Wildman–Crippen MR) is 119 cm³/mol. The molecule has 0 bridgehead atoms. The molecule has 8 nitrogen and oxygen atoms in total. The third kappa shape index (κ3) is 2.60. The second-order valence-electron chi connectivity index (χ2n) is 7.83. The Labute approximate surface area is 172 Å². The molecular formula is C22H22N6O2. The van der Waals surface area contributed by atoms with E-state index in [0.29, 0.717) is 17.8 Å². The Morgan fingerprint density at radius 1 is 1.20 bits per heavy atom. The molecule has 30 heavy (non-hydrogen) atoms. The van der Waals surface area contributed by atoms with Crippen molar-refractivity contribution in [2.75, 3.05) is 6.54 Å². The fourth-order valence-corrected chi connectivity index (χ4v) is 4.17. The minimum absolute atomic E-state index is 0.0591. The predicted octanol–water partition coefficient (Wildman–Crippen LogP) is 2.49. The normalized spacial score (nSPS) is 16.5. The molecule has 0 amide bonds. The van der Waals surface area contributed by atoms with Crippen molar-refractivity contribution in [3.8, 4) is 11.4 Å². The van der Waals surface area contributed by atoms with Crippen molar-refractivity contribution >= 4 is 33.7 Å². The first-order valence-corrected chi connectivity index (χ1v) is 9.81. The summed E-state index contributed by atoms with van der Waals surface area (Å²) in [6, 6.07) is 7.50. The molecule has 0 aliphatic carbocycles. The van der Waals surface area contributed by atoms with Crippen LogP contribution in [-0.2, 0) is 14.1 Å². The zero-order valence-electron chi connectivity index (χ0n) is 17.3. The molecule has 1 atom stereocenters. The van der Waals surface area contributed by atoms with Crippen LogP contribution in [0, 0.1) is 6.92 Å². The lowest BCUT2D eigenvalue weighted by atomic mass is 10.0. The van der Waals surface area contributed by atoms with Crippen LogP contribution in [0.2, 0.25) is 0 Å². The summed E-state index contributed by atoms with van der Waals surface area (Å²) >= 11 is 0. The van der Waals surface area contributed by atoms with Gasteiger partial charge in [0.1, 0.15) is 5.75 Å². The van der Waals surface area contributed by atoms with Gasteiger partial charge in [-0.15, -0.1) is 0 Å². The SMILES string of the molecule is Cc1nn(C)cc1-n1c(=O)n(C)c2ccc3cc(O)c(C4=NC(C)CN=C4)cc3c21. The number of aromatic nitrogens is 4. The number of phenolic OH excluding ortho intramolecular Hbond substituents is 1. The van der Waals surface area contributed by atoms with E-state index in [-0.39, 0.29) is 17.5 Å². The number of aromatic hydroxyl groups is 1. The van der Waals surface area contributed by atoms with Gasteiger partial charge in [-0.2, -0.15) is 5.10 Å². The lowest BCUT2D eigenvalue weighted by molar-refractivity contribution is 0.475. The number of imidazole rings is 1. The molecule has 0 saturated heterocycles. The van der Waals surface area contributed by atoms with Crippen LogP contribution in [0.25, 0.3) is 27.5 Å². The third-order valence-corrected chi connectivity index (χ3v) is 5.60. The summed E-state index contributed by atoms with van der Waals surface area (Å²) in [7, 11) is 3.60. The van der Waals surface area contributed by atoms with E-state index in [4.69, 9.17) is 0 Å². The Hall–Kier alpha value is -3.68. The standard InChI is InChI=1S/C22H22N6O2/c1-12-9-23-10-17(24-12)16-8-15-14(7-20(16)29)5-6-18-21(15)28(22(30)27(18)4)19-11-26(3)25-13(19)2/h5-8,10-12,29H,9H2,1-4H3. The van der Waals surface area contributed by atoms with Crippen molar-refractivity contribution in [1.29, 1.82) is 0 Å². The monoisotopic (exact) mass is 402 g/mol. The third-order valence-electron chi connectivity index (χ3n) is 5.60. The van der Waals surface area contributed by atoms with E-state index in [9.17, 15) is 9.90 Å². The van der Waals surface area contributed by atoms with Crippen molar-refractivity contribution in [3.63, 3.8) is 0 Å². The van der Waals surface area contributed by atoms with E-state index in [2.05, 4.69) is 15.1 Å². The van der Waals surface area contributed by atoms with E-state index in [1.807, 2.05) is 45.3 Å². The summed E-state index contributed by atoms with van der Waals surface area (Å²) in [5.74, 6) is 0.142. The summed E-state index contributed by atoms with van der Waals surface area (Å²) in [5, 5.41) is 16.8. The molecule has 5 rings (SSSR count). The molecule has 1 N–H and O–H groups in total. The van der Waals surface area contributed by atoms with Gasteiger partial charge in [-0.05, 0) is 37.4 Å². The largest absolute Gasteiger partial charge is 0.507 e. The Kier molecular flexibility index (Phi) is 3.92. The number of aryl methyl sites for hydroxylation is 3. The number of aliphatic imine (C=N–C) groups is 2. The molecule has 1 aliphatic heterocycles. The van der Waals surface area contributed by atoms with Gasteiger partial charge in [0.15, 0.2) is 0 Å². The lowest BCUT2D eigenvalue weighted by Gasteiger charge is -2.14. The first-order valence-electron chi connectivity index (χ1n) is 9.81. The molecule has 2 aromatic carbocycles. The van der Waals surface area contributed by atoms with Crippen LogP contribution in [0.4, 0.5) is 0 Å². The van der Waals surface area contributed by atoms with Crippen LogP contribution in [0.5, 0.6) is 5.75 Å². The quantitative estimate of drug-likeness (QED) is 0.559. The molecule has 3 heterocycles. The smallest absolute Gasteiger partial charge is 0.333 e. The highest BCUT2D eigenvalue weighted by molar-refractivity contribution is 6.40. The van der Waals surface area contributed by atoms with E-state index >= 15 is 0 Å². The highest BCUT2D eigenvalue weighted by Gasteiger charge is 2.20. The highest BCUT2D eigenvalue weighted by Crippen LogP contribution is 2.32. The van der Waals surface area contributed by atoms with Gasteiger partial charge < -0.3 is 5.11 Å². The Morgan fingerprint density at radius 3 is 2.70 bits per heavy atom. The van der Waals surface area contributed by atoms with Gasteiger partial charge >= 0.3 is 5.69 Å². The van der Waals surface area contributed by atoms with Gasteiger partial charge in [-0.1, -0.05) is 6.07 Å². The van der Waals surface area contributed by atoms with Crippen molar-refractivity contribution in [3.05, 3.63) is 52.2 Å². The van der Waals surface area contributed by atoms with Gasteiger partial charge in [0.2, 0.25) is 0 Å². The number of benzene rings is 2.